The number of piperidine rings is 1. The molecule has 2 heteroatoms. The summed E-state index contributed by atoms with van der Waals surface area (Å²) in [4.78, 5) is 2.78. The van der Waals surface area contributed by atoms with Crippen LogP contribution in [0.2, 0.25) is 0 Å². The minimum atomic E-state index is 0.929. The van der Waals surface area contributed by atoms with Crippen LogP contribution in [0.5, 0.6) is 0 Å². The van der Waals surface area contributed by atoms with Crippen LogP contribution in [0.25, 0.3) is 0 Å². The maximum atomic E-state index is 3.48. The summed E-state index contributed by atoms with van der Waals surface area (Å²) in [7, 11) is 0. The van der Waals surface area contributed by atoms with Crippen molar-refractivity contribution in [1.82, 2.24) is 10.2 Å². The van der Waals surface area contributed by atoms with Gasteiger partial charge in [-0.15, -0.1) is 0 Å². The molecule has 0 aromatic rings. The van der Waals surface area contributed by atoms with Crippen molar-refractivity contribution in [2.24, 2.45) is 5.92 Å². The fraction of sp³-hybridized carbons (Fsp3) is 1.00. The number of hydrogen-bond donors (Lipinski definition) is 1. The molecule has 0 aromatic carbocycles. The molecule has 1 atom stereocenters. The minimum Gasteiger partial charge on any atom is -0.317 e. The van der Waals surface area contributed by atoms with Crippen molar-refractivity contribution in [3.8, 4) is 0 Å². The summed E-state index contributed by atoms with van der Waals surface area (Å²) in [6.07, 6.45) is 8.46. The molecule has 15 heavy (non-hydrogen) atoms. The van der Waals surface area contributed by atoms with Gasteiger partial charge in [0.15, 0.2) is 0 Å². The summed E-state index contributed by atoms with van der Waals surface area (Å²) < 4.78 is 0. The molecule has 2 saturated heterocycles. The van der Waals surface area contributed by atoms with E-state index in [1.54, 1.807) is 0 Å². The van der Waals surface area contributed by atoms with Gasteiger partial charge in [-0.25, -0.2) is 0 Å². The first-order valence-corrected chi connectivity index (χ1v) is 6.86. The second-order valence-electron chi connectivity index (χ2n) is 5.19. The van der Waals surface area contributed by atoms with Crippen molar-refractivity contribution in [2.75, 3.05) is 26.2 Å². The summed E-state index contributed by atoms with van der Waals surface area (Å²) in [6.45, 7) is 7.53. The van der Waals surface area contributed by atoms with Gasteiger partial charge in [0, 0.05) is 6.04 Å². The quantitative estimate of drug-likeness (QED) is 0.765. The Morgan fingerprint density at radius 1 is 1.20 bits per heavy atom. The zero-order valence-electron chi connectivity index (χ0n) is 10.2. The van der Waals surface area contributed by atoms with Gasteiger partial charge in [-0.1, -0.05) is 13.3 Å². The van der Waals surface area contributed by atoms with E-state index in [0.717, 1.165) is 12.0 Å². The van der Waals surface area contributed by atoms with E-state index in [1.807, 2.05) is 0 Å². The number of nitrogens with one attached hydrogen (secondary N) is 1. The third-order valence-corrected chi connectivity index (χ3v) is 4.14. The van der Waals surface area contributed by atoms with Crippen molar-refractivity contribution >= 4 is 0 Å². The SMILES string of the molecule is CCCCN1CCCC1C1CCNCC1. The van der Waals surface area contributed by atoms with Gasteiger partial charge in [-0.05, 0) is 64.2 Å². The summed E-state index contributed by atoms with van der Waals surface area (Å²) in [5, 5.41) is 3.48. The minimum absolute atomic E-state index is 0.929. The topological polar surface area (TPSA) is 15.3 Å². The lowest BCUT2D eigenvalue weighted by molar-refractivity contribution is 0.161. The molecular formula is C13H26N2. The molecule has 0 aliphatic carbocycles. The highest BCUT2D eigenvalue weighted by atomic mass is 15.2. The van der Waals surface area contributed by atoms with Crippen LogP contribution < -0.4 is 5.32 Å². The van der Waals surface area contributed by atoms with Crippen molar-refractivity contribution in [3.63, 3.8) is 0 Å². The monoisotopic (exact) mass is 210 g/mol. The largest absolute Gasteiger partial charge is 0.317 e. The van der Waals surface area contributed by atoms with Gasteiger partial charge in [0.05, 0.1) is 0 Å². The van der Waals surface area contributed by atoms with Crippen molar-refractivity contribution in [1.29, 1.82) is 0 Å². The number of rotatable bonds is 4. The fourth-order valence-electron chi connectivity index (χ4n) is 3.25. The molecule has 2 aliphatic heterocycles. The fourth-order valence-corrected chi connectivity index (χ4v) is 3.25. The van der Waals surface area contributed by atoms with Gasteiger partial charge in [0.1, 0.15) is 0 Å². The smallest absolute Gasteiger partial charge is 0.0125 e. The Kier molecular flexibility index (Phi) is 4.45. The average Bonchev–Trinajstić information content (AvgIpc) is 2.75. The van der Waals surface area contributed by atoms with Gasteiger partial charge in [-0.2, -0.15) is 0 Å². The standard InChI is InChI=1S/C13H26N2/c1-2-3-10-15-11-4-5-13(15)12-6-8-14-9-7-12/h12-14H,2-11H2,1H3. The van der Waals surface area contributed by atoms with Crippen LogP contribution in [0.4, 0.5) is 0 Å². The van der Waals surface area contributed by atoms with E-state index in [4.69, 9.17) is 0 Å². The maximum absolute atomic E-state index is 3.48. The number of nitrogens with zero attached hydrogens (tertiary/aromatic N) is 1. The average molecular weight is 210 g/mol. The molecule has 1 N–H and O–H groups in total. The highest BCUT2D eigenvalue weighted by Gasteiger charge is 2.31. The van der Waals surface area contributed by atoms with E-state index in [9.17, 15) is 0 Å². The van der Waals surface area contributed by atoms with Crippen molar-refractivity contribution < 1.29 is 0 Å². The molecule has 0 amide bonds. The molecule has 0 saturated carbocycles. The van der Waals surface area contributed by atoms with Crippen LogP contribution in [-0.2, 0) is 0 Å². The van der Waals surface area contributed by atoms with E-state index in [1.165, 1.54) is 64.7 Å². The van der Waals surface area contributed by atoms with Gasteiger partial charge in [0.25, 0.3) is 0 Å². The molecule has 2 nitrogen and oxygen atoms in total. The van der Waals surface area contributed by atoms with Crippen LogP contribution in [0.1, 0.15) is 45.4 Å². The van der Waals surface area contributed by atoms with Crippen LogP contribution >= 0.6 is 0 Å². The molecule has 2 fully saturated rings. The maximum Gasteiger partial charge on any atom is 0.0125 e. The van der Waals surface area contributed by atoms with Crippen LogP contribution in [-0.4, -0.2) is 37.1 Å². The van der Waals surface area contributed by atoms with Crippen LogP contribution in [0.3, 0.4) is 0 Å². The number of unbranched alkanes of at least 4 members (excludes halogenated alkanes) is 1. The van der Waals surface area contributed by atoms with E-state index < -0.39 is 0 Å². The zero-order chi connectivity index (χ0) is 10.5. The molecule has 1 unspecified atom stereocenters. The number of hydrogen-bond acceptors (Lipinski definition) is 2. The lowest BCUT2D eigenvalue weighted by Crippen LogP contribution is -2.41. The van der Waals surface area contributed by atoms with Gasteiger partial charge in [-0.3, -0.25) is 0 Å². The lowest BCUT2D eigenvalue weighted by atomic mass is 9.88. The molecule has 0 radical (unpaired) electrons. The van der Waals surface area contributed by atoms with Crippen molar-refractivity contribution in [2.45, 2.75) is 51.5 Å². The predicted molar refractivity (Wildman–Crippen MR) is 65.1 cm³/mol. The Morgan fingerprint density at radius 3 is 2.73 bits per heavy atom. The molecule has 2 rings (SSSR count). The lowest BCUT2D eigenvalue weighted by Gasteiger charge is -2.34. The highest BCUT2D eigenvalue weighted by Crippen LogP contribution is 2.29. The molecule has 2 heterocycles. The Bertz CT molecular complexity index is 175. The molecule has 0 spiro atoms. The first-order valence-electron chi connectivity index (χ1n) is 6.86. The summed E-state index contributed by atoms with van der Waals surface area (Å²) >= 11 is 0. The van der Waals surface area contributed by atoms with Gasteiger partial charge < -0.3 is 10.2 Å². The molecular weight excluding hydrogens is 184 g/mol. The normalized spacial score (nSPS) is 29.8. The van der Waals surface area contributed by atoms with E-state index in [2.05, 4.69) is 17.1 Å². The van der Waals surface area contributed by atoms with E-state index in [-0.39, 0.29) is 0 Å². The Hall–Kier alpha value is -0.0800. The third kappa shape index (κ3) is 2.94. The first kappa shape index (κ1) is 11.4. The second-order valence-corrected chi connectivity index (χ2v) is 5.19. The second kappa shape index (κ2) is 5.86. The van der Waals surface area contributed by atoms with Gasteiger partial charge >= 0.3 is 0 Å². The molecule has 88 valence electrons. The summed E-state index contributed by atoms with van der Waals surface area (Å²) in [6, 6.07) is 0.929. The Morgan fingerprint density at radius 2 is 2.00 bits per heavy atom. The van der Waals surface area contributed by atoms with E-state index in [0.29, 0.717) is 0 Å². The Labute approximate surface area is 94.4 Å². The predicted octanol–water partition coefficient (Wildman–Crippen LogP) is 2.25. The summed E-state index contributed by atoms with van der Waals surface area (Å²) in [5.74, 6) is 0.991. The third-order valence-electron chi connectivity index (χ3n) is 4.14. The van der Waals surface area contributed by atoms with E-state index >= 15 is 0 Å². The summed E-state index contributed by atoms with van der Waals surface area (Å²) in [5.41, 5.74) is 0. The number of likely N-dealkylation sites (tertiary alicyclic amines) is 1. The van der Waals surface area contributed by atoms with Crippen LogP contribution in [0, 0.1) is 5.92 Å². The zero-order valence-corrected chi connectivity index (χ0v) is 10.2. The molecule has 2 aliphatic rings. The van der Waals surface area contributed by atoms with Crippen LogP contribution in [0.15, 0.2) is 0 Å². The molecule has 0 bridgehead atoms. The Balaban J connectivity index is 1.82. The van der Waals surface area contributed by atoms with Crippen molar-refractivity contribution in [3.05, 3.63) is 0 Å². The van der Waals surface area contributed by atoms with Gasteiger partial charge in [0.2, 0.25) is 0 Å². The first-order chi connectivity index (χ1) is 7.42. The molecule has 0 aromatic heterocycles. The highest BCUT2D eigenvalue weighted by molar-refractivity contribution is 4.87.